The van der Waals surface area contributed by atoms with Crippen molar-refractivity contribution < 1.29 is 19.4 Å². The highest BCUT2D eigenvalue weighted by Gasteiger charge is 2.44. The summed E-state index contributed by atoms with van der Waals surface area (Å²) in [7, 11) is 0. The highest BCUT2D eigenvalue weighted by Crippen LogP contribution is 2.31. The number of esters is 1. The minimum atomic E-state index is -1.86. The van der Waals surface area contributed by atoms with Crippen molar-refractivity contribution in [3.8, 4) is 0 Å². The van der Waals surface area contributed by atoms with Gasteiger partial charge in [-0.25, -0.2) is 9.59 Å². The number of carbonyl (C=O) groups excluding carboxylic acids is 1. The molecule has 1 unspecified atom stereocenters. The predicted octanol–water partition coefficient (Wildman–Crippen LogP) is 2.53. The molecule has 0 aromatic heterocycles. The minimum absolute atomic E-state index is 0.232. The molecule has 15 heavy (non-hydrogen) atoms. The van der Waals surface area contributed by atoms with Crippen LogP contribution in [-0.4, -0.2) is 26.4 Å². The van der Waals surface area contributed by atoms with Crippen LogP contribution >= 0.6 is 31.9 Å². The average Bonchev–Trinajstić information content (AvgIpc) is 2.01. The second kappa shape index (κ2) is 4.82. The van der Waals surface area contributed by atoms with Crippen molar-refractivity contribution in [1.29, 1.82) is 0 Å². The van der Waals surface area contributed by atoms with Gasteiger partial charge < -0.3 is 9.84 Å². The lowest BCUT2D eigenvalue weighted by molar-refractivity contribution is -0.158. The fourth-order valence-corrected chi connectivity index (χ4v) is 0.686. The lowest BCUT2D eigenvalue weighted by Crippen LogP contribution is -2.40. The number of halogens is 2. The zero-order chi connectivity index (χ0) is 12.4. The summed E-state index contributed by atoms with van der Waals surface area (Å²) in [5, 5.41) is 8.73. The number of hydrogen-bond donors (Lipinski definition) is 1. The molecule has 4 nitrogen and oxygen atoms in total. The van der Waals surface area contributed by atoms with E-state index in [4.69, 9.17) is 9.84 Å². The Morgan fingerprint density at radius 1 is 1.27 bits per heavy atom. The van der Waals surface area contributed by atoms with Crippen molar-refractivity contribution >= 4 is 43.8 Å². The summed E-state index contributed by atoms with van der Waals surface area (Å²) in [6.07, 6.45) is -0.376. The van der Waals surface area contributed by atoms with E-state index in [0.29, 0.717) is 0 Å². The van der Waals surface area contributed by atoms with Gasteiger partial charge in [-0.2, -0.15) is 0 Å². The zero-order valence-corrected chi connectivity index (χ0v) is 12.2. The Labute approximate surface area is 106 Å². The lowest BCUT2D eigenvalue weighted by Gasteiger charge is -2.28. The van der Waals surface area contributed by atoms with Crippen LogP contribution in [0.25, 0.3) is 0 Å². The van der Waals surface area contributed by atoms with Gasteiger partial charge in [0.1, 0.15) is 6.10 Å². The number of rotatable bonds is 3. The van der Waals surface area contributed by atoms with E-state index >= 15 is 0 Å². The fourth-order valence-electron chi connectivity index (χ4n) is 0.499. The Morgan fingerprint density at radius 2 is 1.67 bits per heavy atom. The molecule has 0 fully saturated rings. The number of aliphatic carboxylic acids is 1. The highest BCUT2D eigenvalue weighted by molar-refractivity contribution is 9.26. The Bertz CT molecular complexity index is 268. The van der Waals surface area contributed by atoms with Gasteiger partial charge in [0.15, 0.2) is 0 Å². The Kier molecular flexibility index (Phi) is 4.79. The Morgan fingerprint density at radius 3 is 1.93 bits per heavy atom. The van der Waals surface area contributed by atoms with Crippen LogP contribution in [0.4, 0.5) is 0 Å². The second-order valence-corrected chi connectivity index (χ2v) is 7.74. The van der Waals surface area contributed by atoms with Gasteiger partial charge >= 0.3 is 11.9 Å². The van der Waals surface area contributed by atoms with Gasteiger partial charge in [0, 0.05) is 0 Å². The van der Waals surface area contributed by atoms with Crippen LogP contribution in [0, 0.1) is 5.41 Å². The SMILES string of the molecule is CC(OC(=O)C(Br)(Br)C(=O)O)C(C)(C)C. The number of carboxylic acids is 1. The topological polar surface area (TPSA) is 63.6 Å². The van der Waals surface area contributed by atoms with E-state index in [-0.39, 0.29) is 11.5 Å². The largest absolute Gasteiger partial charge is 0.479 e. The molecule has 0 heterocycles. The summed E-state index contributed by atoms with van der Waals surface area (Å²) < 4.78 is 3.17. The molecule has 0 radical (unpaired) electrons. The first kappa shape index (κ1) is 14.9. The molecule has 6 heteroatoms. The van der Waals surface area contributed by atoms with E-state index < -0.39 is 15.2 Å². The third kappa shape index (κ3) is 4.10. The number of carboxylic acid groups (broad SMARTS) is 1. The first-order valence-electron chi connectivity index (χ1n) is 4.32. The van der Waals surface area contributed by atoms with Crippen molar-refractivity contribution in [3.05, 3.63) is 0 Å². The van der Waals surface area contributed by atoms with Crippen LogP contribution in [-0.2, 0) is 14.3 Å². The first-order chi connectivity index (χ1) is 6.49. The maximum Gasteiger partial charge on any atom is 0.345 e. The zero-order valence-electron chi connectivity index (χ0n) is 9.01. The Hall–Kier alpha value is -0.100. The molecule has 1 atom stereocenters. The minimum Gasteiger partial charge on any atom is -0.479 e. The molecule has 0 saturated carbocycles. The van der Waals surface area contributed by atoms with E-state index in [0.717, 1.165) is 0 Å². The molecule has 88 valence electrons. The molecular formula is C9H14Br2O4. The monoisotopic (exact) mass is 344 g/mol. The quantitative estimate of drug-likeness (QED) is 0.485. The summed E-state index contributed by atoms with van der Waals surface area (Å²) in [4.78, 5) is 22.2. The van der Waals surface area contributed by atoms with Crippen LogP contribution in [0.5, 0.6) is 0 Å². The van der Waals surface area contributed by atoms with Crippen molar-refractivity contribution in [3.63, 3.8) is 0 Å². The molecule has 0 rings (SSSR count). The summed E-state index contributed by atoms with van der Waals surface area (Å²) in [5.74, 6) is -2.20. The summed E-state index contributed by atoms with van der Waals surface area (Å²) in [6, 6.07) is 0. The molecule has 0 bridgehead atoms. The van der Waals surface area contributed by atoms with Crippen LogP contribution in [0.3, 0.4) is 0 Å². The molecule has 0 amide bonds. The van der Waals surface area contributed by atoms with Gasteiger partial charge in [-0.3, -0.25) is 0 Å². The summed E-state index contributed by atoms with van der Waals surface area (Å²) in [6.45, 7) is 7.41. The molecule has 0 spiro atoms. The number of alkyl halides is 2. The van der Waals surface area contributed by atoms with Crippen molar-refractivity contribution in [2.24, 2.45) is 5.41 Å². The van der Waals surface area contributed by atoms with Gasteiger partial charge in [-0.05, 0) is 44.2 Å². The van der Waals surface area contributed by atoms with E-state index in [1.165, 1.54) is 0 Å². The first-order valence-corrected chi connectivity index (χ1v) is 5.90. The maximum absolute atomic E-state index is 11.5. The third-order valence-electron chi connectivity index (χ3n) is 2.03. The Balaban J connectivity index is 4.58. The number of ether oxygens (including phenoxy) is 1. The summed E-state index contributed by atoms with van der Waals surface area (Å²) >= 11 is 5.50. The fraction of sp³-hybridized carbons (Fsp3) is 0.778. The number of carbonyl (C=O) groups is 2. The van der Waals surface area contributed by atoms with E-state index in [1.54, 1.807) is 6.92 Å². The average molecular weight is 346 g/mol. The van der Waals surface area contributed by atoms with Gasteiger partial charge in [-0.1, -0.05) is 20.8 Å². The molecule has 1 N–H and O–H groups in total. The maximum atomic E-state index is 11.5. The van der Waals surface area contributed by atoms with E-state index in [2.05, 4.69) is 31.9 Å². The van der Waals surface area contributed by atoms with Gasteiger partial charge in [0.2, 0.25) is 0 Å². The molecule has 0 aromatic rings. The van der Waals surface area contributed by atoms with Gasteiger partial charge in [-0.15, -0.1) is 0 Å². The standard InChI is InChI=1S/C9H14Br2O4/c1-5(8(2,3)4)15-7(14)9(10,11)6(12)13/h5H,1-4H3,(H,12,13). The van der Waals surface area contributed by atoms with Crippen LogP contribution in [0.1, 0.15) is 27.7 Å². The van der Waals surface area contributed by atoms with E-state index in [1.807, 2.05) is 20.8 Å². The predicted molar refractivity (Wildman–Crippen MR) is 63.2 cm³/mol. The highest BCUT2D eigenvalue weighted by atomic mass is 79.9. The molecule has 0 aliphatic carbocycles. The number of hydrogen-bond acceptors (Lipinski definition) is 3. The normalized spacial score (nSPS) is 14.5. The van der Waals surface area contributed by atoms with Crippen molar-refractivity contribution in [1.82, 2.24) is 0 Å². The van der Waals surface area contributed by atoms with Gasteiger partial charge in [0.25, 0.3) is 3.23 Å². The lowest BCUT2D eigenvalue weighted by atomic mass is 9.90. The molecular weight excluding hydrogens is 332 g/mol. The molecule has 0 saturated heterocycles. The van der Waals surface area contributed by atoms with Crippen molar-refractivity contribution in [2.75, 3.05) is 0 Å². The smallest absolute Gasteiger partial charge is 0.345 e. The van der Waals surface area contributed by atoms with E-state index in [9.17, 15) is 9.59 Å². The third-order valence-corrected chi connectivity index (χ3v) is 3.35. The van der Waals surface area contributed by atoms with Crippen LogP contribution < -0.4 is 0 Å². The van der Waals surface area contributed by atoms with Gasteiger partial charge in [0.05, 0.1) is 0 Å². The summed E-state index contributed by atoms with van der Waals surface area (Å²) in [5.41, 5.74) is -0.232. The van der Waals surface area contributed by atoms with Crippen LogP contribution in [0.2, 0.25) is 0 Å². The molecule has 0 aliphatic heterocycles. The van der Waals surface area contributed by atoms with Crippen LogP contribution in [0.15, 0.2) is 0 Å². The van der Waals surface area contributed by atoms with Crippen molar-refractivity contribution in [2.45, 2.75) is 37.0 Å². The molecule has 0 aliphatic rings. The molecule has 0 aromatic carbocycles. The second-order valence-electron chi connectivity index (χ2n) is 4.29.